The second kappa shape index (κ2) is 6.80. The van der Waals surface area contributed by atoms with Gasteiger partial charge in [0, 0.05) is 0 Å². The molecular weight excluding hydrogens is 226 g/mol. The van der Waals surface area contributed by atoms with Gasteiger partial charge in [-0.15, -0.1) is 0 Å². The highest BCUT2D eigenvalue weighted by Gasteiger charge is 2.13. The average molecular weight is 245 g/mol. The van der Waals surface area contributed by atoms with Gasteiger partial charge in [-0.2, -0.15) is 5.26 Å². The Labute approximate surface area is 108 Å². The van der Waals surface area contributed by atoms with Gasteiger partial charge in [-0.25, -0.2) is 0 Å². The highest BCUT2D eigenvalue weighted by molar-refractivity contribution is 5.73. The Balaban J connectivity index is 3.13. The minimum absolute atomic E-state index is 0.209. The van der Waals surface area contributed by atoms with Crippen LogP contribution in [-0.4, -0.2) is 12.6 Å². The lowest BCUT2D eigenvalue weighted by molar-refractivity contribution is -0.142. The largest absolute Gasteiger partial charge is 0.466 e. The minimum atomic E-state index is -0.209. The Morgan fingerprint density at radius 3 is 2.39 bits per heavy atom. The van der Waals surface area contributed by atoms with Gasteiger partial charge in [0.05, 0.1) is 24.7 Å². The number of nitrogens with zero attached hydrogens (tertiary/aromatic N) is 1. The molecule has 0 fully saturated rings. The zero-order valence-corrected chi connectivity index (χ0v) is 11.2. The van der Waals surface area contributed by atoms with Crippen LogP contribution in [0.2, 0.25) is 0 Å². The highest BCUT2D eigenvalue weighted by atomic mass is 16.5. The molecule has 0 unspecified atom stereocenters. The molecule has 0 aliphatic rings. The van der Waals surface area contributed by atoms with E-state index in [-0.39, 0.29) is 12.4 Å². The van der Waals surface area contributed by atoms with Crippen LogP contribution in [0.5, 0.6) is 0 Å². The van der Waals surface area contributed by atoms with E-state index in [0.29, 0.717) is 12.2 Å². The molecule has 1 rings (SSSR count). The molecule has 0 heterocycles. The van der Waals surface area contributed by atoms with Gasteiger partial charge in [0.15, 0.2) is 0 Å². The highest BCUT2D eigenvalue weighted by Crippen LogP contribution is 2.21. The van der Waals surface area contributed by atoms with E-state index >= 15 is 0 Å². The van der Waals surface area contributed by atoms with Gasteiger partial charge in [0.25, 0.3) is 0 Å². The maximum Gasteiger partial charge on any atom is 0.310 e. The quantitative estimate of drug-likeness (QED) is 0.749. The summed E-state index contributed by atoms with van der Waals surface area (Å²) in [4.78, 5) is 11.5. The van der Waals surface area contributed by atoms with E-state index < -0.39 is 0 Å². The number of carbonyl (C=O) groups is 1. The van der Waals surface area contributed by atoms with Crippen LogP contribution in [0, 0.1) is 11.3 Å². The third-order valence-electron chi connectivity index (χ3n) is 3.00. The molecule has 1 aromatic carbocycles. The van der Waals surface area contributed by atoms with Crippen LogP contribution >= 0.6 is 0 Å². The first kappa shape index (κ1) is 14.2. The molecule has 0 saturated carbocycles. The molecule has 0 radical (unpaired) electrons. The number of hydrogen-bond acceptors (Lipinski definition) is 3. The monoisotopic (exact) mass is 245 g/mol. The first-order valence-electron chi connectivity index (χ1n) is 6.37. The molecule has 0 aliphatic heterocycles. The average Bonchev–Trinajstić information content (AvgIpc) is 2.38. The summed E-state index contributed by atoms with van der Waals surface area (Å²) in [7, 11) is 0. The third kappa shape index (κ3) is 3.10. The molecule has 0 spiro atoms. The van der Waals surface area contributed by atoms with Crippen LogP contribution < -0.4 is 0 Å². The van der Waals surface area contributed by atoms with E-state index in [0.717, 1.165) is 29.5 Å². The number of rotatable bonds is 5. The standard InChI is InChI=1S/C15H19NO2/c1-4-13-11(9-15(17)18-6-3)7-8-12(10-16)14(13)5-2/h7-8H,4-6,9H2,1-3H3. The van der Waals surface area contributed by atoms with Crippen LogP contribution in [0.15, 0.2) is 12.1 Å². The second-order valence-corrected chi connectivity index (χ2v) is 4.03. The molecule has 18 heavy (non-hydrogen) atoms. The summed E-state index contributed by atoms with van der Waals surface area (Å²) in [6.45, 7) is 6.28. The number of hydrogen-bond donors (Lipinski definition) is 0. The predicted octanol–water partition coefficient (Wildman–Crippen LogP) is 2.79. The van der Waals surface area contributed by atoms with E-state index in [9.17, 15) is 4.79 Å². The molecule has 0 aromatic heterocycles. The molecule has 3 nitrogen and oxygen atoms in total. The Hall–Kier alpha value is -1.82. The van der Waals surface area contributed by atoms with Gasteiger partial charge in [-0.1, -0.05) is 19.9 Å². The van der Waals surface area contributed by atoms with Crippen LogP contribution in [0.25, 0.3) is 0 Å². The summed E-state index contributed by atoms with van der Waals surface area (Å²) in [5.41, 5.74) is 3.86. The zero-order chi connectivity index (χ0) is 13.5. The van der Waals surface area contributed by atoms with Crippen LogP contribution in [0.4, 0.5) is 0 Å². The minimum Gasteiger partial charge on any atom is -0.466 e. The number of nitriles is 1. The van der Waals surface area contributed by atoms with Gasteiger partial charge >= 0.3 is 5.97 Å². The summed E-state index contributed by atoms with van der Waals surface area (Å²) in [6, 6.07) is 5.88. The summed E-state index contributed by atoms with van der Waals surface area (Å²) in [6.07, 6.45) is 1.92. The van der Waals surface area contributed by atoms with Crippen molar-refractivity contribution in [2.75, 3.05) is 6.61 Å². The first-order valence-corrected chi connectivity index (χ1v) is 6.37. The fraction of sp³-hybridized carbons (Fsp3) is 0.467. The van der Waals surface area contributed by atoms with Crippen molar-refractivity contribution in [2.24, 2.45) is 0 Å². The molecule has 0 bridgehead atoms. The zero-order valence-electron chi connectivity index (χ0n) is 11.2. The van der Waals surface area contributed by atoms with Gasteiger partial charge in [0.2, 0.25) is 0 Å². The SMILES string of the molecule is CCOC(=O)Cc1ccc(C#N)c(CC)c1CC. The van der Waals surface area contributed by atoms with E-state index in [1.165, 1.54) is 0 Å². The van der Waals surface area contributed by atoms with Crippen LogP contribution in [0.3, 0.4) is 0 Å². The van der Waals surface area contributed by atoms with Crippen LogP contribution in [-0.2, 0) is 28.8 Å². The fourth-order valence-corrected chi connectivity index (χ4v) is 2.22. The Morgan fingerprint density at radius 2 is 1.89 bits per heavy atom. The van der Waals surface area contributed by atoms with Crippen molar-refractivity contribution in [3.05, 3.63) is 34.4 Å². The van der Waals surface area contributed by atoms with Crippen molar-refractivity contribution < 1.29 is 9.53 Å². The van der Waals surface area contributed by atoms with Crippen molar-refractivity contribution in [2.45, 2.75) is 40.0 Å². The summed E-state index contributed by atoms with van der Waals surface area (Å²) in [5.74, 6) is -0.209. The predicted molar refractivity (Wildman–Crippen MR) is 70.3 cm³/mol. The fourth-order valence-electron chi connectivity index (χ4n) is 2.22. The van der Waals surface area contributed by atoms with Gasteiger partial charge < -0.3 is 4.74 Å². The van der Waals surface area contributed by atoms with Gasteiger partial charge in [-0.05, 0) is 42.5 Å². The van der Waals surface area contributed by atoms with Gasteiger partial charge in [-0.3, -0.25) is 4.79 Å². The van der Waals surface area contributed by atoms with E-state index in [1.54, 1.807) is 13.0 Å². The molecule has 0 aliphatic carbocycles. The molecule has 0 N–H and O–H groups in total. The van der Waals surface area contributed by atoms with E-state index in [2.05, 4.69) is 6.07 Å². The van der Waals surface area contributed by atoms with E-state index in [1.807, 2.05) is 19.9 Å². The Morgan fingerprint density at radius 1 is 1.22 bits per heavy atom. The normalized spacial score (nSPS) is 9.89. The maximum absolute atomic E-state index is 11.5. The lowest BCUT2D eigenvalue weighted by atomic mass is 9.91. The molecule has 1 aromatic rings. The summed E-state index contributed by atoms with van der Waals surface area (Å²) >= 11 is 0. The number of carbonyl (C=O) groups excluding carboxylic acids is 1. The third-order valence-corrected chi connectivity index (χ3v) is 3.00. The Bertz CT molecular complexity index is 472. The number of esters is 1. The molecule has 3 heteroatoms. The smallest absolute Gasteiger partial charge is 0.310 e. The van der Waals surface area contributed by atoms with Crippen LogP contribution in [0.1, 0.15) is 43.0 Å². The lowest BCUT2D eigenvalue weighted by Gasteiger charge is -2.13. The molecular formula is C15H19NO2. The van der Waals surface area contributed by atoms with E-state index in [4.69, 9.17) is 10.00 Å². The molecule has 0 amide bonds. The molecule has 0 atom stereocenters. The molecule has 96 valence electrons. The number of benzene rings is 1. The molecule has 0 saturated heterocycles. The second-order valence-electron chi connectivity index (χ2n) is 4.03. The van der Waals surface area contributed by atoms with Crippen molar-refractivity contribution >= 4 is 5.97 Å². The van der Waals surface area contributed by atoms with Crippen molar-refractivity contribution in [3.8, 4) is 6.07 Å². The summed E-state index contributed by atoms with van der Waals surface area (Å²) in [5, 5.41) is 9.08. The lowest BCUT2D eigenvalue weighted by Crippen LogP contribution is -2.11. The first-order chi connectivity index (χ1) is 8.67. The number of ether oxygens (including phenoxy) is 1. The summed E-state index contributed by atoms with van der Waals surface area (Å²) < 4.78 is 4.97. The van der Waals surface area contributed by atoms with Crippen molar-refractivity contribution in [1.82, 2.24) is 0 Å². The van der Waals surface area contributed by atoms with Crippen molar-refractivity contribution in [3.63, 3.8) is 0 Å². The van der Waals surface area contributed by atoms with Gasteiger partial charge in [0.1, 0.15) is 0 Å². The Kier molecular flexibility index (Phi) is 5.38. The van der Waals surface area contributed by atoms with Crippen molar-refractivity contribution in [1.29, 1.82) is 5.26 Å². The topological polar surface area (TPSA) is 50.1 Å². The maximum atomic E-state index is 11.5.